The third kappa shape index (κ3) is 8.91. The van der Waals surface area contributed by atoms with Gasteiger partial charge in [0.05, 0.1) is 0 Å². The summed E-state index contributed by atoms with van der Waals surface area (Å²) in [5.74, 6) is 0. The molecule has 0 rings (SSSR count). The predicted molar refractivity (Wildman–Crippen MR) is 50.3 cm³/mol. The van der Waals surface area contributed by atoms with Gasteiger partial charge in [-0.25, -0.2) is 0 Å². The summed E-state index contributed by atoms with van der Waals surface area (Å²) in [6.07, 6.45) is 0. The summed E-state index contributed by atoms with van der Waals surface area (Å²) in [4.78, 5) is 0. The summed E-state index contributed by atoms with van der Waals surface area (Å²) in [5, 5.41) is 0.353. The molecule has 0 saturated heterocycles. The highest BCUT2D eigenvalue weighted by Crippen LogP contribution is 2.19. The minimum atomic E-state index is 0.353. The number of hydrogen-bond donors (Lipinski definition) is 0. The van der Waals surface area contributed by atoms with E-state index in [-0.39, 0.29) is 0 Å². The van der Waals surface area contributed by atoms with E-state index < -0.39 is 0 Å². The molecule has 0 unspecified atom stereocenters. The fourth-order valence-corrected chi connectivity index (χ4v) is 1.58. The summed E-state index contributed by atoms with van der Waals surface area (Å²) >= 11 is 2.32. The van der Waals surface area contributed by atoms with Crippen molar-refractivity contribution in [1.82, 2.24) is 0 Å². The zero-order valence-electron chi connectivity index (χ0n) is 6.20. The monoisotopic (exact) mass is 256 g/mol. The van der Waals surface area contributed by atoms with E-state index in [2.05, 4.69) is 43.4 Å². The molecule has 0 aliphatic heterocycles. The number of halogens is 1. The molecule has 0 spiro atoms. The van der Waals surface area contributed by atoms with Crippen LogP contribution in [0.25, 0.3) is 0 Å². The number of hydrogen-bond acceptors (Lipinski definition) is 1. The first-order valence-electron chi connectivity index (χ1n) is 3.01. The van der Waals surface area contributed by atoms with Crippen LogP contribution >= 0.6 is 22.6 Å². The lowest BCUT2D eigenvalue weighted by Gasteiger charge is -2.14. The van der Waals surface area contributed by atoms with Gasteiger partial charge in [-0.05, 0) is 5.04 Å². The zero-order valence-corrected chi connectivity index (χ0v) is 9.36. The Hall–Kier alpha value is 0.907. The third-order valence-electron chi connectivity index (χ3n) is 0.558. The predicted octanol–water partition coefficient (Wildman–Crippen LogP) is 2.28. The molecular weight excluding hydrogens is 243 g/mol. The molecule has 1 nitrogen and oxygen atoms in total. The van der Waals surface area contributed by atoms with E-state index in [4.69, 9.17) is 4.43 Å². The van der Waals surface area contributed by atoms with Crippen molar-refractivity contribution in [3.05, 3.63) is 0 Å². The van der Waals surface area contributed by atoms with Crippen molar-refractivity contribution >= 4 is 32.4 Å². The van der Waals surface area contributed by atoms with Crippen molar-refractivity contribution < 1.29 is 4.43 Å². The molecule has 0 aliphatic rings. The van der Waals surface area contributed by atoms with Gasteiger partial charge < -0.3 is 4.43 Å². The highest BCUT2D eigenvalue weighted by molar-refractivity contribution is 14.1. The first kappa shape index (κ1) is 9.91. The molecule has 0 saturated carbocycles. The second kappa shape index (κ2) is 4.68. The fraction of sp³-hybridized carbons (Fsp3) is 1.00. The van der Waals surface area contributed by atoms with Gasteiger partial charge in [-0.1, -0.05) is 43.4 Å². The molecule has 0 aliphatic carbocycles. The molecule has 0 N–H and O–H groups in total. The van der Waals surface area contributed by atoms with E-state index in [0.29, 0.717) is 14.8 Å². The van der Waals surface area contributed by atoms with Crippen LogP contribution in [0.2, 0.25) is 5.04 Å². The van der Waals surface area contributed by atoms with Crippen molar-refractivity contribution in [2.24, 2.45) is 0 Å². The first-order chi connectivity index (χ1) is 4.06. The smallest absolute Gasteiger partial charge is 0.235 e. The number of alkyl halides is 1. The van der Waals surface area contributed by atoms with Gasteiger partial charge in [-0.3, -0.25) is 0 Å². The highest BCUT2D eigenvalue weighted by atomic mass is 127. The maximum atomic E-state index is 5.37. The largest absolute Gasteiger partial charge is 0.416 e. The van der Waals surface area contributed by atoms with Gasteiger partial charge in [0, 0.05) is 11.0 Å². The Bertz CT molecular complexity index is 69.9. The van der Waals surface area contributed by atoms with E-state index in [9.17, 15) is 0 Å². The Morgan fingerprint density at radius 2 is 2.00 bits per heavy atom. The summed E-state index contributed by atoms with van der Waals surface area (Å²) in [6.45, 7) is 7.48. The molecule has 0 bridgehead atoms. The lowest BCUT2D eigenvalue weighted by molar-refractivity contribution is 0.349. The van der Waals surface area contributed by atoms with E-state index in [1.165, 1.54) is 0 Å². The Morgan fingerprint density at radius 1 is 1.44 bits per heavy atom. The van der Waals surface area contributed by atoms with Crippen LogP contribution in [-0.2, 0) is 4.43 Å². The highest BCUT2D eigenvalue weighted by Gasteiger charge is 2.12. The third-order valence-corrected chi connectivity index (χ3v) is 1.96. The normalized spacial score (nSPS) is 12.0. The first-order valence-corrected chi connectivity index (χ1v) is 5.44. The molecule has 9 heavy (non-hydrogen) atoms. The van der Waals surface area contributed by atoms with Crippen LogP contribution in [-0.4, -0.2) is 20.8 Å². The van der Waals surface area contributed by atoms with Crippen LogP contribution in [0.4, 0.5) is 0 Å². The molecule has 2 radical (unpaired) electrons. The summed E-state index contributed by atoms with van der Waals surface area (Å²) in [7, 11) is 0.644. The van der Waals surface area contributed by atoms with Crippen LogP contribution < -0.4 is 0 Å². The molecule has 0 aromatic heterocycles. The van der Waals surface area contributed by atoms with Gasteiger partial charge in [0.2, 0.25) is 9.76 Å². The van der Waals surface area contributed by atoms with Crippen molar-refractivity contribution in [3.8, 4) is 0 Å². The molecule has 54 valence electrons. The second-order valence-electron chi connectivity index (χ2n) is 2.89. The van der Waals surface area contributed by atoms with Crippen molar-refractivity contribution in [2.75, 3.05) is 11.0 Å². The average molecular weight is 256 g/mol. The molecule has 0 aromatic rings. The standard InChI is InChI=1S/C6H13IOSi/c1-6(2,3)9-8-5-4-7/h4-5H2,1-3H3. The van der Waals surface area contributed by atoms with E-state index in [1.807, 2.05) is 0 Å². The molecule has 0 amide bonds. The van der Waals surface area contributed by atoms with Crippen molar-refractivity contribution in [2.45, 2.75) is 25.8 Å². The van der Waals surface area contributed by atoms with Crippen LogP contribution in [0.5, 0.6) is 0 Å². The topological polar surface area (TPSA) is 9.23 Å². The van der Waals surface area contributed by atoms with E-state index in [1.54, 1.807) is 0 Å². The summed E-state index contributed by atoms with van der Waals surface area (Å²) < 4.78 is 6.47. The maximum Gasteiger partial charge on any atom is 0.235 e. The van der Waals surface area contributed by atoms with Gasteiger partial charge in [-0.15, -0.1) is 0 Å². The summed E-state index contributed by atoms with van der Waals surface area (Å²) in [5.41, 5.74) is 0. The lowest BCUT2D eigenvalue weighted by Crippen LogP contribution is -2.13. The van der Waals surface area contributed by atoms with Gasteiger partial charge in [-0.2, -0.15) is 0 Å². The fourth-order valence-electron chi connectivity index (χ4n) is 0.306. The minimum Gasteiger partial charge on any atom is -0.416 e. The Balaban J connectivity index is 3.07. The Morgan fingerprint density at radius 3 is 2.33 bits per heavy atom. The maximum absolute atomic E-state index is 5.37. The second-order valence-corrected chi connectivity index (χ2v) is 5.96. The van der Waals surface area contributed by atoms with Gasteiger partial charge in [0.15, 0.2) is 0 Å². The van der Waals surface area contributed by atoms with Gasteiger partial charge in [0.25, 0.3) is 0 Å². The molecule has 0 fully saturated rings. The molecule has 0 atom stereocenters. The SMILES string of the molecule is CC(C)(C)[Si]OCCI. The van der Waals surface area contributed by atoms with Crippen molar-refractivity contribution in [3.63, 3.8) is 0 Å². The Labute approximate surface area is 73.6 Å². The lowest BCUT2D eigenvalue weighted by atomic mass is 10.3. The van der Waals surface area contributed by atoms with E-state index >= 15 is 0 Å². The van der Waals surface area contributed by atoms with Crippen molar-refractivity contribution in [1.29, 1.82) is 0 Å². The zero-order chi connectivity index (χ0) is 7.33. The Kier molecular flexibility index (Phi) is 5.15. The van der Waals surface area contributed by atoms with Gasteiger partial charge in [0.1, 0.15) is 0 Å². The molecule has 0 heterocycles. The molecule has 0 aromatic carbocycles. The van der Waals surface area contributed by atoms with Crippen LogP contribution in [0.1, 0.15) is 20.8 Å². The average Bonchev–Trinajstić information content (AvgIpc) is 1.63. The van der Waals surface area contributed by atoms with E-state index in [0.717, 1.165) is 11.0 Å². The number of rotatable bonds is 3. The minimum absolute atomic E-state index is 0.353. The van der Waals surface area contributed by atoms with Gasteiger partial charge >= 0.3 is 0 Å². The van der Waals surface area contributed by atoms with Crippen LogP contribution in [0.3, 0.4) is 0 Å². The summed E-state index contributed by atoms with van der Waals surface area (Å²) in [6, 6.07) is 0. The quantitative estimate of drug-likeness (QED) is 0.326. The molecular formula is C6H13IOSi. The molecule has 3 heteroatoms. The van der Waals surface area contributed by atoms with Crippen LogP contribution in [0, 0.1) is 0 Å². The van der Waals surface area contributed by atoms with Crippen LogP contribution in [0.15, 0.2) is 0 Å².